The lowest BCUT2D eigenvalue weighted by Crippen LogP contribution is -2.35. The van der Waals surface area contributed by atoms with Crippen LogP contribution in [0.3, 0.4) is 0 Å². The largest absolute Gasteiger partial charge is 0.497 e. The molecule has 0 aromatic heterocycles. The fraction of sp³-hybridized carbons (Fsp3) is 0.357. The number of ether oxygens (including phenoxy) is 1. The average Bonchev–Trinajstić information content (AvgIpc) is 2.79. The summed E-state index contributed by atoms with van der Waals surface area (Å²) in [5.41, 5.74) is 5.86. The number of carboxylic acids is 1. The van der Waals surface area contributed by atoms with Crippen molar-refractivity contribution in [3.05, 3.63) is 24.3 Å². The highest BCUT2D eigenvalue weighted by molar-refractivity contribution is 8.00. The number of carbonyl (C=O) groups is 3. The normalized spacial score (nSPS) is 19.4. The zero-order valence-corrected chi connectivity index (χ0v) is 12.7. The molecule has 0 radical (unpaired) electrons. The lowest BCUT2D eigenvalue weighted by atomic mass is 10.3. The van der Waals surface area contributed by atoms with E-state index < -0.39 is 17.3 Å². The minimum absolute atomic E-state index is 0.0348. The van der Waals surface area contributed by atoms with Crippen molar-refractivity contribution in [1.29, 1.82) is 0 Å². The van der Waals surface area contributed by atoms with Gasteiger partial charge < -0.3 is 15.6 Å². The van der Waals surface area contributed by atoms with Gasteiger partial charge in [0, 0.05) is 18.2 Å². The summed E-state index contributed by atoms with van der Waals surface area (Å²) < 4.78 is 5.08. The lowest BCUT2D eigenvalue weighted by molar-refractivity contribution is -0.138. The number of nitrogens with two attached hydrogens (primary N) is 1. The van der Waals surface area contributed by atoms with Crippen LogP contribution < -0.4 is 15.4 Å². The topological polar surface area (TPSA) is 110 Å². The molecule has 2 amide bonds. The maximum atomic E-state index is 12.4. The minimum Gasteiger partial charge on any atom is -0.497 e. The summed E-state index contributed by atoms with van der Waals surface area (Å²) in [5, 5.41) is 8.14. The zero-order chi connectivity index (χ0) is 16.3. The van der Waals surface area contributed by atoms with E-state index >= 15 is 0 Å². The SMILES string of the molecule is COc1cccc(N2C(=O)C[C@@H](SC[C@H](N)C(=O)O)C2=O)c1. The molecule has 1 heterocycles. The van der Waals surface area contributed by atoms with E-state index in [9.17, 15) is 14.4 Å². The molecule has 0 spiro atoms. The Morgan fingerprint density at radius 1 is 1.55 bits per heavy atom. The summed E-state index contributed by atoms with van der Waals surface area (Å²) in [6, 6.07) is 5.60. The number of hydrogen-bond donors (Lipinski definition) is 2. The van der Waals surface area contributed by atoms with Crippen LogP contribution in [0.5, 0.6) is 5.75 Å². The van der Waals surface area contributed by atoms with Crippen LogP contribution in [-0.2, 0) is 14.4 Å². The number of carbonyl (C=O) groups excluding carboxylic acids is 2. The number of anilines is 1. The van der Waals surface area contributed by atoms with Crippen molar-refractivity contribution in [3.63, 3.8) is 0 Å². The molecule has 1 fully saturated rings. The molecule has 2 atom stereocenters. The van der Waals surface area contributed by atoms with Gasteiger partial charge in [-0.05, 0) is 12.1 Å². The van der Waals surface area contributed by atoms with Gasteiger partial charge in [0.25, 0.3) is 0 Å². The molecule has 7 nitrogen and oxygen atoms in total. The molecule has 1 aromatic rings. The van der Waals surface area contributed by atoms with Gasteiger partial charge in [0.1, 0.15) is 11.8 Å². The van der Waals surface area contributed by atoms with Crippen LogP contribution in [0.25, 0.3) is 0 Å². The van der Waals surface area contributed by atoms with Crippen LogP contribution in [0.4, 0.5) is 5.69 Å². The van der Waals surface area contributed by atoms with Crippen molar-refractivity contribution in [1.82, 2.24) is 0 Å². The van der Waals surface area contributed by atoms with Gasteiger partial charge in [0.2, 0.25) is 11.8 Å². The number of rotatable bonds is 6. The molecule has 22 heavy (non-hydrogen) atoms. The van der Waals surface area contributed by atoms with Crippen LogP contribution >= 0.6 is 11.8 Å². The van der Waals surface area contributed by atoms with Crippen LogP contribution in [-0.4, -0.2) is 47.0 Å². The number of methoxy groups -OCH3 is 1. The van der Waals surface area contributed by atoms with E-state index in [0.29, 0.717) is 11.4 Å². The molecule has 1 aliphatic heterocycles. The van der Waals surface area contributed by atoms with Crippen LogP contribution in [0.15, 0.2) is 24.3 Å². The van der Waals surface area contributed by atoms with Crippen molar-refractivity contribution in [2.24, 2.45) is 5.73 Å². The first-order valence-corrected chi connectivity index (χ1v) is 7.59. The van der Waals surface area contributed by atoms with Gasteiger partial charge in [0.15, 0.2) is 0 Å². The molecule has 0 aliphatic carbocycles. The van der Waals surface area contributed by atoms with Gasteiger partial charge >= 0.3 is 5.97 Å². The van der Waals surface area contributed by atoms with Crippen molar-refractivity contribution < 1.29 is 24.2 Å². The number of thioether (sulfide) groups is 1. The van der Waals surface area contributed by atoms with E-state index in [0.717, 1.165) is 16.7 Å². The number of carboxylic acid groups (broad SMARTS) is 1. The maximum Gasteiger partial charge on any atom is 0.321 e. The summed E-state index contributed by atoms with van der Waals surface area (Å²) in [6.45, 7) is 0. The monoisotopic (exact) mass is 324 g/mol. The fourth-order valence-corrected chi connectivity index (χ4v) is 3.14. The van der Waals surface area contributed by atoms with E-state index in [-0.39, 0.29) is 24.0 Å². The molecule has 118 valence electrons. The Bertz CT molecular complexity index is 607. The van der Waals surface area contributed by atoms with E-state index in [1.54, 1.807) is 24.3 Å². The number of benzene rings is 1. The Balaban J connectivity index is 2.10. The van der Waals surface area contributed by atoms with Crippen molar-refractivity contribution >= 4 is 35.2 Å². The van der Waals surface area contributed by atoms with Gasteiger partial charge in [-0.1, -0.05) is 6.07 Å². The second-order valence-corrected chi connectivity index (χ2v) is 5.98. The van der Waals surface area contributed by atoms with E-state index in [1.807, 2.05) is 0 Å². The second kappa shape index (κ2) is 6.80. The molecule has 3 N–H and O–H groups in total. The predicted octanol–water partition coefficient (Wildman–Crippen LogP) is 0.472. The van der Waals surface area contributed by atoms with Crippen molar-refractivity contribution in [2.45, 2.75) is 17.7 Å². The third-order valence-corrected chi connectivity index (χ3v) is 4.53. The highest BCUT2D eigenvalue weighted by Crippen LogP contribution is 2.31. The van der Waals surface area contributed by atoms with Gasteiger partial charge in [-0.25, -0.2) is 4.90 Å². The molecule has 1 aliphatic rings. The van der Waals surface area contributed by atoms with Gasteiger partial charge in [-0.2, -0.15) is 0 Å². The summed E-state index contributed by atoms with van der Waals surface area (Å²) in [4.78, 5) is 36.2. The number of amides is 2. The molecule has 8 heteroatoms. The standard InChI is InChI=1S/C14H16N2O5S/c1-21-9-4-2-3-8(5-9)16-12(17)6-11(13(16)18)22-7-10(15)14(19)20/h2-5,10-11H,6-7,15H2,1H3,(H,19,20)/t10-,11+/m0/s1. The molecule has 0 saturated carbocycles. The van der Waals surface area contributed by atoms with Crippen LogP contribution in [0.1, 0.15) is 6.42 Å². The minimum atomic E-state index is -1.13. The van der Waals surface area contributed by atoms with Gasteiger partial charge in [-0.15, -0.1) is 11.8 Å². The third kappa shape index (κ3) is 3.40. The Hall–Kier alpha value is -2.06. The summed E-state index contributed by atoms with van der Waals surface area (Å²) in [6.07, 6.45) is 0.0348. The Morgan fingerprint density at radius 3 is 2.91 bits per heavy atom. The first-order chi connectivity index (χ1) is 10.4. The molecule has 0 bridgehead atoms. The number of aliphatic carboxylic acids is 1. The second-order valence-electron chi connectivity index (χ2n) is 4.74. The van der Waals surface area contributed by atoms with E-state index in [1.165, 1.54) is 7.11 Å². The Morgan fingerprint density at radius 2 is 2.27 bits per heavy atom. The Labute approximate surface area is 131 Å². The first-order valence-electron chi connectivity index (χ1n) is 6.55. The number of hydrogen-bond acceptors (Lipinski definition) is 6. The van der Waals surface area contributed by atoms with Crippen LogP contribution in [0.2, 0.25) is 0 Å². The molecule has 1 saturated heterocycles. The van der Waals surface area contributed by atoms with Crippen molar-refractivity contribution in [2.75, 3.05) is 17.8 Å². The van der Waals surface area contributed by atoms with Crippen molar-refractivity contribution in [3.8, 4) is 5.75 Å². The molecule has 0 unspecified atom stereocenters. The quantitative estimate of drug-likeness (QED) is 0.732. The molecular formula is C14H16N2O5S. The molecule has 2 rings (SSSR count). The summed E-state index contributed by atoms with van der Waals surface area (Å²) in [5.74, 6) is -1.19. The summed E-state index contributed by atoms with van der Waals surface area (Å²) in [7, 11) is 1.50. The van der Waals surface area contributed by atoms with E-state index in [4.69, 9.17) is 15.6 Å². The van der Waals surface area contributed by atoms with E-state index in [2.05, 4.69) is 0 Å². The van der Waals surface area contributed by atoms with Gasteiger partial charge in [0.05, 0.1) is 18.0 Å². The molecule has 1 aromatic carbocycles. The average molecular weight is 324 g/mol. The molecular weight excluding hydrogens is 308 g/mol. The number of nitrogens with zero attached hydrogens (tertiary/aromatic N) is 1. The zero-order valence-electron chi connectivity index (χ0n) is 11.9. The van der Waals surface area contributed by atoms with Gasteiger partial charge in [-0.3, -0.25) is 14.4 Å². The smallest absolute Gasteiger partial charge is 0.321 e. The highest BCUT2D eigenvalue weighted by Gasteiger charge is 2.40. The highest BCUT2D eigenvalue weighted by atomic mass is 32.2. The lowest BCUT2D eigenvalue weighted by Gasteiger charge is -2.16. The number of imide groups is 1. The first kappa shape index (κ1) is 16.3. The summed E-state index contributed by atoms with van der Waals surface area (Å²) >= 11 is 1.09. The Kier molecular flexibility index (Phi) is 5.04. The maximum absolute atomic E-state index is 12.4. The van der Waals surface area contributed by atoms with Crippen LogP contribution in [0, 0.1) is 0 Å². The third-order valence-electron chi connectivity index (χ3n) is 3.21. The fourth-order valence-electron chi connectivity index (χ4n) is 2.05. The predicted molar refractivity (Wildman–Crippen MR) is 82.0 cm³/mol.